The van der Waals surface area contributed by atoms with Crippen molar-refractivity contribution in [1.29, 1.82) is 0 Å². The van der Waals surface area contributed by atoms with Crippen molar-refractivity contribution in [3.05, 3.63) is 461 Å². The van der Waals surface area contributed by atoms with Crippen LogP contribution >= 0.6 is 7.14 Å². The highest BCUT2D eigenvalue weighted by molar-refractivity contribution is 7.70. The molecule has 0 unspecified atom stereocenters. The maximum atomic E-state index is 12.4. The second kappa shape index (κ2) is 35.1. The molecule has 0 amide bonds. The molecule has 23 rings (SSSR count). The van der Waals surface area contributed by atoms with Gasteiger partial charge in [-0.1, -0.05) is 419 Å². The van der Waals surface area contributed by atoms with Gasteiger partial charge < -0.3 is 4.57 Å². The fourth-order valence-electron chi connectivity index (χ4n) is 18.2. The van der Waals surface area contributed by atoms with Gasteiger partial charge in [0, 0.05) is 105 Å². The first-order valence-electron chi connectivity index (χ1n) is 43.8. The molecule has 18 aromatic carbocycles. The van der Waals surface area contributed by atoms with Crippen molar-refractivity contribution in [1.82, 2.24) is 34.5 Å². The van der Waals surface area contributed by atoms with Crippen molar-refractivity contribution < 1.29 is 4.57 Å². The topological polar surface area (TPSA) is 99.3 Å². The third-order valence-electron chi connectivity index (χ3n) is 24.5. The first-order chi connectivity index (χ1) is 63.6. The summed E-state index contributed by atoms with van der Waals surface area (Å²) in [5.74, 6) is 1.78. The number of fused-ring (bicyclic) bond motifs is 10. The van der Waals surface area contributed by atoms with E-state index in [1.54, 1.807) is 0 Å². The number of hydrogen-bond donors (Lipinski definition) is 0. The second-order valence-electron chi connectivity index (χ2n) is 32.8. The van der Waals surface area contributed by atoms with Crippen molar-refractivity contribution >= 4 is 88.5 Å². The molecule has 0 saturated heterocycles. The SMILES string of the molecule is CCc1nc2ccccc2n1-c1ccc(-c2ccc(-c3cccc4c(-c5ccccc5)nc5ccccc5c34)cc2)cc1.CP(C)(=O)c1ccc(-c2ccc(-c3cccc4c(-c5ccccc5)nc5ccccc5c34)cc2)cc1.c1ccc(-c2nc(-c3ccccc3)c(-c3ccc(-c4cccc5c(-c6ccccc6)nc6ccccc6c45)cc3)c(-c3ccccc3)n2)cc1. The summed E-state index contributed by atoms with van der Waals surface area (Å²) in [4.78, 5) is 30.7. The fourth-order valence-corrected chi connectivity index (χ4v) is 19.0. The summed E-state index contributed by atoms with van der Waals surface area (Å²) in [5.41, 5.74) is 31.4. The monoisotopic (exact) mass is 1670 g/mol. The molecule has 0 bridgehead atoms. The number of nitrogens with zero attached hydrogens (tertiary/aromatic N) is 7. The Labute approximate surface area is 750 Å². The largest absolute Gasteiger partial charge is 0.319 e. The van der Waals surface area contributed by atoms with Crippen LogP contribution in [0, 0.1) is 0 Å². The van der Waals surface area contributed by atoms with Gasteiger partial charge in [0.15, 0.2) is 5.82 Å². The van der Waals surface area contributed by atoms with E-state index < -0.39 is 7.14 Å². The lowest BCUT2D eigenvalue weighted by Crippen LogP contribution is -2.01. The van der Waals surface area contributed by atoms with Gasteiger partial charge in [-0.3, -0.25) is 4.57 Å². The Morgan fingerprint density at radius 1 is 0.225 bits per heavy atom. The number of aryl methyl sites for hydroxylation is 1. The van der Waals surface area contributed by atoms with Crippen LogP contribution in [0.15, 0.2) is 455 Å². The van der Waals surface area contributed by atoms with Gasteiger partial charge in [0.2, 0.25) is 0 Å². The molecule has 0 atom stereocenters. The van der Waals surface area contributed by atoms with Gasteiger partial charge in [-0.05, 0) is 117 Å². The third kappa shape index (κ3) is 15.8. The molecule has 8 nitrogen and oxygen atoms in total. The Hall–Kier alpha value is -16.3. The van der Waals surface area contributed by atoms with Gasteiger partial charge in [0.1, 0.15) is 13.0 Å². The van der Waals surface area contributed by atoms with Gasteiger partial charge in [0.05, 0.1) is 56.1 Å². The number of hydrogen-bond acceptors (Lipinski definition) is 7. The summed E-state index contributed by atoms with van der Waals surface area (Å²) in [5, 5.41) is 11.5. The maximum Gasteiger partial charge on any atom is 0.160 e. The molecule has 0 spiro atoms. The molecule has 612 valence electrons. The first kappa shape index (κ1) is 79.9. The van der Waals surface area contributed by atoms with Crippen molar-refractivity contribution in [3.8, 4) is 140 Å². The zero-order valence-corrected chi connectivity index (χ0v) is 72.4. The van der Waals surface area contributed by atoms with Crippen LogP contribution in [0.1, 0.15) is 12.7 Å². The summed E-state index contributed by atoms with van der Waals surface area (Å²) in [6, 6.07) is 159. The van der Waals surface area contributed by atoms with E-state index in [2.05, 4.69) is 406 Å². The molecule has 0 aliphatic carbocycles. The number of pyridine rings is 3. The molecule has 0 N–H and O–H groups in total. The Morgan fingerprint density at radius 3 is 0.853 bits per heavy atom. The minimum Gasteiger partial charge on any atom is -0.319 e. The second-order valence-corrected chi connectivity index (χ2v) is 36.0. The molecule has 23 aromatic rings. The first-order valence-corrected chi connectivity index (χ1v) is 46.4. The van der Waals surface area contributed by atoms with Gasteiger partial charge in [-0.25, -0.2) is 29.9 Å². The third-order valence-corrected chi connectivity index (χ3v) is 26.0. The molecule has 129 heavy (non-hydrogen) atoms. The Kier molecular flexibility index (Phi) is 21.7. The van der Waals surface area contributed by atoms with Gasteiger partial charge in [-0.15, -0.1) is 0 Å². The van der Waals surface area contributed by atoms with Crippen LogP contribution in [0.25, 0.3) is 216 Å². The molecule has 5 heterocycles. The zero-order valence-electron chi connectivity index (χ0n) is 71.5. The lowest BCUT2D eigenvalue weighted by Gasteiger charge is -2.18. The molecule has 5 aromatic heterocycles. The van der Waals surface area contributed by atoms with Crippen LogP contribution in [-0.2, 0) is 11.0 Å². The van der Waals surface area contributed by atoms with Crippen LogP contribution in [0.3, 0.4) is 0 Å². The van der Waals surface area contributed by atoms with E-state index in [9.17, 15) is 4.57 Å². The minimum atomic E-state index is -2.25. The average Bonchev–Trinajstić information content (AvgIpc) is 0.961. The summed E-state index contributed by atoms with van der Waals surface area (Å²) in [7, 11) is -2.25. The minimum absolute atomic E-state index is 0.703. The summed E-state index contributed by atoms with van der Waals surface area (Å²) >= 11 is 0. The van der Waals surface area contributed by atoms with Gasteiger partial charge in [0.25, 0.3) is 0 Å². The number of benzene rings is 18. The predicted molar refractivity (Wildman–Crippen MR) is 542 cm³/mol. The number of imidazole rings is 1. The van der Waals surface area contributed by atoms with E-state index in [-0.39, 0.29) is 0 Å². The molecular weight excluding hydrogens is 1590 g/mol. The van der Waals surface area contributed by atoms with E-state index in [1.807, 2.05) is 74.0 Å². The van der Waals surface area contributed by atoms with E-state index in [0.717, 1.165) is 162 Å². The normalized spacial score (nSPS) is 11.4. The van der Waals surface area contributed by atoms with Crippen LogP contribution in [0.5, 0.6) is 0 Å². The number of rotatable bonds is 15. The standard InChI is InChI=1S/C47H31N3.C40H29N3.C33H26NOP/c1-5-16-34(17-6-1)44-40-26-15-25-38(43(40)39-24-13-14-27-41(39)48-44)32-28-30-33(31-29-32)42-45(35-18-7-2-8-19-35)49-47(37-22-11-4-12-23-37)50-46(42)36-20-9-3-10-21-36;1-2-38-41-36-17-8-9-18-37(36)43(38)31-25-23-28(24-26-31)27-19-21-29(22-20-27)32-14-10-15-34-39(32)33-13-6-7-16-35(33)42-40(34)30-11-4-3-5-12-30;1-36(2,35)27-21-19-24(20-22-27)23-15-17-25(18-16-23)28-12-8-13-30-32(28)29-11-6-7-14-31(29)34-33(30)26-9-4-3-5-10-26/h1-31H;3-26H,2H2,1H3;3-22H,1-2H3. The Balaban J connectivity index is 0.000000119. The quantitative estimate of drug-likeness (QED) is 0.0745. The molecule has 0 radical (unpaired) electrons. The lowest BCUT2D eigenvalue weighted by atomic mass is 9.90. The zero-order chi connectivity index (χ0) is 86.7. The molecular formula is C120H86N7OP. The van der Waals surface area contributed by atoms with Crippen LogP contribution < -0.4 is 5.30 Å². The Bertz CT molecular complexity index is 8060. The molecule has 0 aliphatic rings. The molecule has 0 aliphatic heterocycles. The Morgan fingerprint density at radius 2 is 0.504 bits per heavy atom. The summed E-state index contributed by atoms with van der Waals surface area (Å²) < 4.78 is 14.6. The fraction of sp³-hybridized carbons (Fsp3) is 0.0333. The van der Waals surface area contributed by atoms with Crippen molar-refractivity contribution in [2.75, 3.05) is 13.3 Å². The average molecular weight is 1670 g/mol. The van der Waals surface area contributed by atoms with Crippen molar-refractivity contribution in [2.24, 2.45) is 0 Å². The highest BCUT2D eigenvalue weighted by atomic mass is 31.2. The van der Waals surface area contributed by atoms with Gasteiger partial charge >= 0.3 is 0 Å². The van der Waals surface area contributed by atoms with Crippen molar-refractivity contribution in [2.45, 2.75) is 13.3 Å². The summed E-state index contributed by atoms with van der Waals surface area (Å²) in [6.07, 6.45) is 0.879. The van der Waals surface area contributed by atoms with Gasteiger partial charge in [-0.2, -0.15) is 0 Å². The summed E-state index contributed by atoms with van der Waals surface area (Å²) in [6.45, 7) is 5.78. The lowest BCUT2D eigenvalue weighted by molar-refractivity contribution is 0.588. The molecule has 9 heteroatoms. The van der Waals surface area contributed by atoms with E-state index in [4.69, 9.17) is 29.9 Å². The van der Waals surface area contributed by atoms with E-state index in [0.29, 0.717) is 5.82 Å². The van der Waals surface area contributed by atoms with E-state index >= 15 is 0 Å². The highest BCUT2D eigenvalue weighted by Gasteiger charge is 2.24. The van der Waals surface area contributed by atoms with Crippen LogP contribution in [0.4, 0.5) is 0 Å². The number of para-hydroxylation sites is 5. The predicted octanol–water partition coefficient (Wildman–Crippen LogP) is 31.1. The molecule has 0 saturated carbocycles. The maximum absolute atomic E-state index is 12.4. The molecule has 0 fully saturated rings. The van der Waals surface area contributed by atoms with Crippen molar-refractivity contribution in [3.63, 3.8) is 0 Å². The van der Waals surface area contributed by atoms with Crippen LogP contribution in [0.2, 0.25) is 0 Å². The number of aromatic nitrogens is 7. The highest BCUT2D eigenvalue weighted by Crippen LogP contribution is 2.46. The van der Waals surface area contributed by atoms with Crippen LogP contribution in [-0.4, -0.2) is 47.8 Å². The van der Waals surface area contributed by atoms with E-state index in [1.165, 1.54) is 65.9 Å². The smallest absolute Gasteiger partial charge is 0.160 e.